The summed E-state index contributed by atoms with van der Waals surface area (Å²) in [6.07, 6.45) is 3.90. The zero-order valence-electron chi connectivity index (χ0n) is 11.7. The standard InChI is InChI=1S/C15H23NO3/c1-17-13-5-7-14(8-6-13)19-10-9-16-12-3-4-15(11-12)18-2/h5-8,12,15-16H,3-4,9-11H2,1-2H3. The lowest BCUT2D eigenvalue weighted by Gasteiger charge is -2.13. The Kier molecular flexibility index (Phi) is 5.48. The van der Waals surface area contributed by atoms with E-state index in [-0.39, 0.29) is 0 Å². The summed E-state index contributed by atoms with van der Waals surface area (Å²) in [7, 11) is 3.45. The van der Waals surface area contributed by atoms with E-state index in [9.17, 15) is 0 Å². The van der Waals surface area contributed by atoms with Gasteiger partial charge >= 0.3 is 0 Å². The summed E-state index contributed by atoms with van der Waals surface area (Å²) in [5.41, 5.74) is 0. The normalized spacial score (nSPS) is 22.4. The van der Waals surface area contributed by atoms with Gasteiger partial charge in [-0.3, -0.25) is 0 Å². The number of methoxy groups -OCH3 is 2. The maximum absolute atomic E-state index is 5.67. The summed E-state index contributed by atoms with van der Waals surface area (Å²) in [5, 5.41) is 3.51. The van der Waals surface area contributed by atoms with Gasteiger partial charge in [-0.1, -0.05) is 0 Å². The summed E-state index contributed by atoms with van der Waals surface area (Å²) in [6, 6.07) is 8.24. The highest BCUT2D eigenvalue weighted by Gasteiger charge is 2.23. The molecule has 2 atom stereocenters. The third-order valence-corrected chi connectivity index (χ3v) is 3.58. The Bertz CT molecular complexity index is 366. The first-order chi connectivity index (χ1) is 9.31. The largest absolute Gasteiger partial charge is 0.497 e. The average Bonchev–Trinajstić information content (AvgIpc) is 2.92. The molecule has 4 heteroatoms. The van der Waals surface area contributed by atoms with Gasteiger partial charge in [-0.15, -0.1) is 0 Å². The van der Waals surface area contributed by atoms with Crippen molar-refractivity contribution in [2.45, 2.75) is 31.4 Å². The minimum absolute atomic E-state index is 0.431. The van der Waals surface area contributed by atoms with E-state index in [4.69, 9.17) is 14.2 Å². The van der Waals surface area contributed by atoms with Crippen LogP contribution in [-0.4, -0.2) is 39.5 Å². The van der Waals surface area contributed by atoms with Gasteiger partial charge < -0.3 is 19.5 Å². The van der Waals surface area contributed by atoms with Gasteiger partial charge in [0.25, 0.3) is 0 Å². The number of hydrogen-bond donors (Lipinski definition) is 1. The topological polar surface area (TPSA) is 39.7 Å². The maximum atomic E-state index is 5.67. The average molecular weight is 265 g/mol. The van der Waals surface area contributed by atoms with E-state index in [1.807, 2.05) is 24.3 Å². The molecule has 0 spiro atoms. The lowest BCUT2D eigenvalue weighted by Crippen LogP contribution is -2.31. The van der Waals surface area contributed by atoms with E-state index in [2.05, 4.69) is 5.32 Å². The van der Waals surface area contributed by atoms with Gasteiger partial charge in [0.2, 0.25) is 0 Å². The highest BCUT2D eigenvalue weighted by Crippen LogP contribution is 2.21. The van der Waals surface area contributed by atoms with Crippen LogP contribution < -0.4 is 14.8 Å². The molecule has 1 aliphatic carbocycles. The van der Waals surface area contributed by atoms with E-state index < -0.39 is 0 Å². The SMILES string of the molecule is COc1ccc(OCCNC2CCC(OC)C2)cc1. The molecule has 1 aromatic rings. The van der Waals surface area contributed by atoms with Gasteiger partial charge in [0, 0.05) is 19.7 Å². The molecule has 0 saturated heterocycles. The Balaban J connectivity index is 1.61. The fourth-order valence-electron chi connectivity index (χ4n) is 2.44. The van der Waals surface area contributed by atoms with Crippen LogP contribution >= 0.6 is 0 Å². The van der Waals surface area contributed by atoms with Gasteiger partial charge in [0.05, 0.1) is 13.2 Å². The Morgan fingerprint density at radius 2 is 1.84 bits per heavy atom. The predicted molar refractivity (Wildman–Crippen MR) is 74.9 cm³/mol. The molecular formula is C15H23NO3. The van der Waals surface area contributed by atoms with Crippen molar-refractivity contribution < 1.29 is 14.2 Å². The zero-order valence-corrected chi connectivity index (χ0v) is 11.7. The number of ether oxygens (including phenoxy) is 3. The fraction of sp³-hybridized carbons (Fsp3) is 0.600. The van der Waals surface area contributed by atoms with Crippen molar-refractivity contribution in [3.8, 4) is 11.5 Å². The number of hydrogen-bond acceptors (Lipinski definition) is 4. The number of benzene rings is 1. The Labute approximate surface area is 115 Å². The Hall–Kier alpha value is -1.26. The second-order valence-electron chi connectivity index (χ2n) is 4.85. The van der Waals surface area contributed by atoms with Crippen molar-refractivity contribution in [2.75, 3.05) is 27.4 Å². The molecule has 19 heavy (non-hydrogen) atoms. The van der Waals surface area contributed by atoms with Crippen LogP contribution in [0.4, 0.5) is 0 Å². The molecule has 0 aromatic heterocycles. The van der Waals surface area contributed by atoms with E-state index in [1.54, 1.807) is 14.2 Å². The van der Waals surface area contributed by atoms with Crippen molar-refractivity contribution >= 4 is 0 Å². The van der Waals surface area contributed by atoms with E-state index >= 15 is 0 Å². The van der Waals surface area contributed by atoms with Gasteiger partial charge in [-0.05, 0) is 43.5 Å². The maximum Gasteiger partial charge on any atom is 0.119 e. The molecule has 1 N–H and O–H groups in total. The van der Waals surface area contributed by atoms with Crippen LogP contribution in [0.15, 0.2) is 24.3 Å². The van der Waals surface area contributed by atoms with Crippen molar-refractivity contribution in [3.05, 3.63) is 24.3 Å². The highest BCUT2D eigenvalue weighted by atomic mass is 16.5. The molecule has 0 heterocycles. The second-order valence-corrected chi connectivity index (χ2v) is 4.85. The van der Waals surface area contributed by atoms with Crippen LogP contribution in [0.2, 0.25) is 0 Å². The van der Waals surface area contributed by atoms with E-state index in [1.165, 1.54) is 6.42 Å². The molecule has 4 nitrogen and oxygen atoms in total. The number of rotatable bonds is 7. The molecule has 1 saturated carbocycles. The summed E-state index contributed by atoms with van der Waals surface area (Å²) < 4.78 is 16.1. The molecule has 106 valence electrons. The minimum atomic E-state index is 0.431. The van der Waals surface area contributed by atoms with Crippen molar-refractivity contribution in [1.29, 1.82) is 0 Å². The van der Waals surface area contributed by atoms with Crippen LogP contribution in [0.5, 0.6) is 11.5 Å². The monoisotopic (exact) mass is 265 g/mol. The van der Waals surface area contributed by atoms with Crippen LogP contribution in [0.3, 0.4) is 0 Å². The van der Waals surface area contributed by atoms with Crippen molar-refractivity contribution in [2.24, 2.45) is 0 Å². The Morgan fingerprint density at radius 3 is 2.47 bits per heavy atom. The summed E-state index contributed by atoms with van der Waals surface area (Å²) in [4.78, 5) is 0. The lowest BCUT2D eigenvalue weighted by atomic mass is 10.2. The van der Waals surface area contributed by atoms with Gasteiger partial charge in [-0.25, -0.2) is 0 Å². The Morgan fingerprint density at radius 1 is 1.11 bits per heavy atom. The first kappa shape index (κ1) is 14.2. The quantitative estimate of drug-likeness (QED) is 0.767. The number of nitrogens with one attached hydrogen (secondary N) is 1. The second kappa shape index (κ2) is 7.36. The molecule has 1 aliphatic rings. The highest BCUT2D eigenvalue weighted by molar-refractivity contribution is 5.31. The molecule has 2 unspecified atom stereocenters. The van der Waals surface area contributed by atoms with Crippen LogP contribution in [0, 0.1) is 0 Å². The van der Waals surface area contributed by atoms with Gasteiger partial charge in [0.1, 0.15) is 18.1 Å². The first-order valence-electron chi connectivity index (χ1n) is 6.85. The summed E-state index contributed by atoms with van der Waals surface area (Å²) >= 11 is 0. The van der Waals surface area contributed by atoms with Crippen LogP contribution in [-0.2, 0) is 4.74 Å². The minimum Gasteiger partial charge on any atom is -0.497 e. The van der Waals surface area contributed by atoms with E-state index in [0.29, 0.717) is 18.8 Å². The smallest absolute Gasteiger partial charge is 0.119 e. The molecule has 0 amide bonds. The predicted octanol–water partition coefficient (Wildman–Crippen LogP) is 2.23. The van der Waals surface area contributed by atoms with Crippen LogP contribution in [0.25, 0.3) is 0 Å². The van der Waals surface area contributed by atoms with Gasteiger partial charge in [0.15, 0.2) is 0 Å². The van der Waals surface area contributed by atoms with Gasteiger partial charge in [-0.2, -0.15) is 0 Å². The first-order valence-corrected chi connectivity index (χ1v) is 6.85. The van der Waals surface area contributed by atoms with Crippen LogP contribution in [0.1, 0.15) is 19.3 Å². The molecule has 1 fully saturated rings. The molecule has 0 radical (unpaired) electrons. The van der Waals surface area contributed by atoms with Crippen molar-refractivity contribution in [3.63, 3.8) is 0 Å². The lowest BCUT2D eigenvalue weighted by molar-refractivity contribution is 0.107. The fourth-order valence-corrected chi connectivity index (χ4v) is 2.44. The molecule has 0 bridgehead atoms. The molecular weight excluding hydrogens is 242 g/mol. The molecule has 2 rings (SSSR count). The van der Waals surface area contributed by atoms with Crippen molar-refractivity contribution in [1.82, 2.24) is 5.32 Å². The summed E-state index contributed by atoms with van der Waals surface area (Å²) in [5.74, 6) is 1.73. The molecule has 0 aliphatic heterocycles. The van der Waals surface area contributed by atoms with E-state index in [0.717, 1.165) is 30.9 Å². The third kappa shape index (κ3) is 4.40. The third-order valence-electron chi connectivity index (χ3n) is 3.58. The molecule has 1 aromatic carbocycles. The summed E-state index contributed by atoms with van der Waals surface area (Å²) in [6.45, 7) is 1.55. The zero-order chi connectivity index (χ0) is 13.5.